The molecule has 0 atom stereocenters. The standard InChI is InChI=1S/C18H22N2O6S/c1-9-8-13(10(2)11(3)16(9)27(7,23)24)15(21)14-12(4)19-20(5)17(14)26-18(22)25-6/h8H,1-7H3. The molecule has 0 N–H and O–H groups in total. The summed E-state index contributed by atoms with van der Waals surface area (Å²) in [5, 5.41) is 4.14. The summed E-state index contributed by atoms with van der Waals surface area (Å²) in [4.78, 5) is 25.0. The fraction of sp³-hybridized carbons (Fsp3) is 0.389. The number of aromatic nitrogens is 2. The first-order valence-electron chi connectivity index (χ1n) is 8.05. The third-order valence-electron chi connectivity index (χ3n) is 4.38. The van der Waals surface area contributed by atoms with Crippen LogP contribution in [0.5, 0.6) is 5.88 Å². The summed E-state index contributed by atoms with van der Waals surface area (Å²) in [6.45, 7) is 6.61. The van der Waals surface area contributed by atoms with Gasteiger partial charge in [-0.3, -0.25) is 4.79 Å². The lowest BCUT2D eigenvalue weighted by Crippen LogP contribution is -2.15. The van der Waals surface area contributed by atoms with Crippen molar-refractivity contribution in [2.24, 2.45) is 7.05 Å². The van der Waals surface area contributed by atoms with E-state index in [1.165, 1.54) is 17.8 Å². The van der Waals surface area contributed by atoms with Crippen molar-refractivity contribution < 1.29 is 27.5 Å². The SMILES string of the molecule is COC(=O)Oc1c(C(=O)c2cc(C)c(S(C)(=O)=O)c(C)c2C)c(C)nn1C. The highest BCUT2D eigenvalue weighted by Crippen LogP contribution is 2.31. The zero-order chi connectivity index (χ0) is 20.7. The molecule has 0 saturated carbocycles. The molecule has 0 spiro atoms. The summed E-state index contributed by atoms with van der Waals surface area (Å²) >= 11 is 0. The first-order valence-corrected chi connectivity index (χ1v) is 9.94. The summed E-state index contributed by atoms with van der Waals surface area (Å²) in [5.41, 5.74) is 2.35. The highest BCUT2D eigenvalue weighted by atomic mass is 32.2. The molecular formula is C18H22N2O6S. The van der Waals surface area contributed by atoms with Crippen molar-refractivity contribution in [1.82, 2.24) is 9.78 Å². The smallest absolute Gasteiger partial charge is 0.437 e. The quantitative estimate of drug-likeness (QED) is 0.579. The predicted octanol–water partition coefficient (Wildman–Crippen LogP) is 2.43. The van der Waals surface area contributed by atoms with Gasteiger partial charge in [0.2, 0.25) is 11.7 Å². The number of benzene rings is 1. The Morgan fingerprint density at radius 1 is 1.11 bits per heavy atom. The molecule has 0 aliphatic rings. The van der Waals surface area contributed by atoms with Gasteiger partial charge in [0, 0.05) is 18.9 Å². The van der Waals surface area contributed by atoms with E-state index in [9.17, 15) is 18.0 Å². The van der Waals surface area contributed by atoms with Gasteiger partial charge < -0.3 is 9.47 Å². The number of ketones is 1. The van der Waals surface area contributed by atoms with Crippen LogP contribution >= 0.6 is 0 Å². The maximum Gasteiger partial charge on any atom is 0.514 e. The largest absolute Gasteiger partial charge is 0.514 e. The van der Waals surface area contributed by atoms with Gasteiger partial charge >= 0.3 is 6.16 Å². The molecule has 1 aromatic heterocycles. The number of ether oxygens (including phenoxy) is 2. The van der Waals surface area contributed by atoms with Crippen LogP contribution in [0, 0.1) is 27.7 Å². The molecule has 0 amide bonds. The highest BCUT2D eigenvalue weighted by Gasteiger charge is 2.28. The lowest BCUT2D eigenvalue weighted by atomic mass is 9.94. The fourth-order valence-corrected chi connectivity index (χ4v) is 4.49. The number of nitrogens with zero attached hydrogens (tertiary/aromatic N) is 2. The van der Waals surface area contributed by atoms with Gasteiger partial charge in [0.05, 0.1) is 17.7 Å². The second kappa shape index (κ2) is 7.15. The Balaban J connectivity index is 2.69. The van der Waals surface area contributed by atoms with Gasteiger partial charge in [-0.25, -0.2) is 17.9 Å². The maximum absolute atomic E-state index is 13.2. The first-order chi connectivity index (χ1) is 12.4. The average molecular weight is 394 g/mol. The van der Waals surface area contributed by atoms with Gasteiger partial charge in [-0.15, -0.1) is 0 Å². The number of aryl methyl sites for hydroxylation is 3. The molecule has 0 saturated heterocycles. The van der Waals surface area contributed by atoms with Crippen LogP contribution in [0.1, 0.15) is 38.3 Å². The van der Waals surface area contributed by atoms with Crippen molar-refractivity contribution in [3.63, 3.8) is 0 Å². The van der Waals surface area contributed by atoms with E-state index in [0.717, 1.165) is 13.4 Å². The third-order valence-corrected chi connectivity index (χ3v) is 5.75. The van der Waals surface area contributed by atoms with E-state index in [0.29, 0.717) is 27.9 Å². The van der Waals surface area contributed by atoms with Gasteiger partial charge in [-0.05, 0) is 50.5 Å². The Morgan fingerprint density at radius 3 is 2.22 bits per heavy atom. The number of methoxy groups -OCH3 is 1. The van der Waals surface area contributed by atoms with Crippen LogP contribution in [0.2, 0.25) is 0 Å². The number of sulfone groups is 1. The van der Waals surface area contributed by atoms with Crippen molar-refractivity contribution >= 4 is 21.8 Å². The van der Waals surface area contributed by atoms with E-state index < -0.39 is 21.8 Å². The second-order valence-corrected chi connectivity index (χ2v) is 8.32. The van der Waals surface area contributed by atoms with Gasteiger partial charge in [0.15, 0.2) is 9.84 Å². The average Bonchev–Trinajstić information content (AvgIpc) is 2.82. The monoisotopic (exact) mass is 394 g/mol. The summed E-state index contributed by atoms with van der Waals surface area (Å²) < 4.78 is 35.0. The minimum Gasteiger partial charge on any atom is -0.437 e. The summed E-state index contributed by atoms with van der Waals surface area (Å²) in [7, 11) is -0.739. The molecule has 2 aromatic rings. The van der Waals surface area contributed by atoms with Crippen molar-refractivity contribution in [3.8, 4) is 5.88 Å². The minimum atomic E-state index is -3.44. The molecule has 0 radical (unpaired) electrons. The number of carbonyl (C=O) groups excluding carboxylic acids is 2. The van der Waals surface area contributed by atoms with Crippen LogP contribution in [-0.4, -0.2) is 43.5 Å². The van der Waals surface area contributed by atoms with Gasteiger partial charge in [-0.1, -0.05) is 0 Å². The Bertz CT molecular complexity index is 1050. The first kappa shape index (κ1) is 20.6. The zero-order valence-corrected chi connectivity index (χ0v) is 17.1. The van der Waals surface area contributed by atoms with E-state index in [1.807, 2.05) is 0 Å². The van der Waals surface area contributed by atoms with Crippen molar-refractivity contribution in [3.05, 3.63) is 39.6 Å². The molecule has 2 rings (SSSR count). The molecule has 0 fully saturated rings. The normalized spacial score (nSPS) is 11.4. The van der Waals surface area contributed by atoms with Crippen molar-refractivity contribution in [2.45, 2.75) is 32.6 Å². The van der Waals surface area contributed by atoms with E-state index in [-0.39, 0.29) is 16.3 Å². The highest BCUT2D eigenvalue weighted by molar-refractivity contribution is 7.90. The molecule has 0 aliphatic heterocycles. The molecule has 0 bridgehead atoms. The zero-order valence-electron chi connectivity index (χ0n) is 16.3. The Kier molecular flexibility index (Phi) is 5.46. The molecule has 0 aliphatic carbocycles. The Morgan fingerprint density at radius 2 is 1.70 bits per heavy atom. The molecule has 27 heavy (non-hydrogen) atoms. The minimum absolute atomic E-state index is 0.0359. The number of carbonyl (C=O) groups is 2. The number of hydrogen-bond donors (Lipinski definition) is 0. The fourth-order valence-electron chi connectivity index (χ4n) is 3.14. The lowest BCUT2D eigenvalue weighted by molar-refractivity contribution is 0.102. The summed E-state index contributed by atoms with van der Waals surface area (Å²) in [6, 6.07) is 1.54. The van der Waals surface area contributed by atoms with Gasteiger partial charge in [0.1, 0.15) is 5.56 Å². The third kappa shape index (κ3) is 3.73. The molecule has 0 unspecified atom stereocenters. The van der Waals surface area contributed by atoms with E-state index in [4.69, 9.17) is 4.74 Å². The molecule has 1 heterocycles. The van der Waals surface area contributed by atoms with Crippen LogP contribution in [-0.2, 0) is 21.6 Å². The molecule has 146 valence electrons. The summed E-state index contributed by atoms with van der Waals surface area (Å²) in [6.07, 6.45) is 0.167. The second-order valence-electron chi connectivity index (χ2n) is 6.37. The van der Waals surface area contributed by atoms with Gasteiger partial charge in [-0.2, -0.15) is 5.10 Å². The molecule has 8 nitrogen and oxygen atoms in total. The van der Waals surface area contributed by atoms with Crippen LogP contribution in [0.3, 0.4) is 0 Å². The van der Waals surface area contributed by atoms with Crippen LogP contribution in [0.15, 0.2) is 11.0 Å². The predicted molar refractivity (Wildman–Crippen MR) is 98.2 cm³/mol. The Labute approximate surface area is 158 Å². The van der Waals surface area contributed by atoms with Crippen LogP contribution < -0.4 is 4.74 Å². The lowest BCUT2D eigenvalue weighted by Gasteiger charge is -2.15. The number of rotatable bonds is 4. The number of hydrogen-bond acceptors (Lipinski definition) is 7. The molecule has 1 aromatic carbocycles. The van der Waals surface area contributed by atoms with E-state index in [1.54, 1.807) is 27.7 Å². The van der Waals surface area contributed by atoms with E-state index in [2.05, 4.69) is 9.84 Å². The topological polar surface area (TPSA) is 105 Å². The Hall–Kier alpha value is -2.68. The van der Waals surface area contributed by atoms with Crippen LogP contribution in [0.25, 0.3) is 0 Å². The van der Waals surface area contributed by atoms with E-state index >= 15 is 0 Å². The van der Waals surface area contributed by atoms with Gasteiger partial charge in [0.25, 0.3) is 0 Å². The summed E-state index contributed by atoms with van der Waals surface area (Å²) in [5.74, 6) is -0.450. The molecular weight excluding hydrogens is 372 g/mol. The maximum atomic E-state index is 13.2. The van der Waals surface area contributed by atoms with Crippen LogP contribution in [0.4, 0.5) is 4.79 Å². The van der Waals surface area contributed by atoms with Crippen molar-refractivity contribution in [2.75, 3.05) is 13.4 Å². The van der Waals surface area contributed by atoms with Crippen molar-refractivity contribution in [1.29, 1.82) is 0 Å². The molecule has 9 heteroatoms.